The van der Waals surface area contributed by atoms with E-state index in [1.54, 1.807) is 0 Å². The molecule has 5 nitrogen and oxygen atoms in total. The number of hydrogen-bond donors (Lipinski definition) is 5. The quantitative estimate of drug-likeness (QED) is 0.392. The average molecular weight is 219 g/mol. The van der Waals surface area contributed by atoms with Gasteiger partial charge in [0.25, 0.3) is 0 Å². The molecule has 5 heteroatoms. The summed E-state index contributed by atoms with van der Waals surface area (Å²) in [6.07, 6.45) is 3.11. The van der Waals surface area contributed by atoms with Gasteiger partial charge in [-0.15, -0.1) is 0 Å². The van der Waals surface area contributed by atoms with Gasteiger partial charge >= 0.3 is 0 Å². The lowest BCUT2D eigenvalue weighted by molar-refractivity contribution is 0.00402. The van der Waals surface area contributed by atoms with Crippen LogP contribution in [0.1, 0.15) is 25.7 Å². The minimum absolute atomic E-state index is 0.148. The number of aliphatic hydroxyl groups is 4. The van der Waals surface area contributed by atoms with E-state index in [0.717, 1.165) is 25.7 Å². The minimum Gasteiger partial charge on any atom is -0.394 e. The van der Waals surface area contributed by atoms with Crippen LogP contribution in [-0.4, -0.2) is 57.9 Å². The summed E-state index contributed by atoms with van der Waals surface area (Å²) in [7, 11) is 0. The highest BCUT2D eigenvalue weighted by atomic mass is 16.3. The van der Waals surface area contributed by atoms with Crippen LogP contribution in [0.2, 0.25) is 0 Å². The first kappa shape index (κ1) is 12.9. The Hall–Kier alpha value is -0.200. The van der Waals surface area contributed by atoms with E-state index in [1.165, 1.54) is 0 Å². The fourth-order valence-corrected chi connectivity index (χ4v) is 1.96. The van der Waals surface area contributed by atoms with Crippen molar-refractivity contribution in [3.8, 4) is 0 Å². The third kappa shape index (κ3) is 3.12. The zero-order valence-electron chi connectivity index (χ0n) is 8.89. The highest BCUT2D eigenvalue weighted by Crippen LogP contribution is 2.20. The second-order valence-electron chi connectivity index (χ2n) is 4.36. The summed E-state index contributed by atoms with van der Waals surface area (Å²) in [4.78, 5) is 0. The molecule has 1 fully saturated rings. The van der Waals surface area contributed by atoms with E-state index in [1.807, 2.05) is 0 Å². The van der Waals surface area contributed by atoms with Crippen molar-refractivity contribution in [2.45, 2.75) is 43.4 Å². The molecule has 90 valence electrons. The molecule has 0 aromatic carbocycles. The van der Waals surface area contributed by atoms with Gasteiger partial charge in [-0.25, -0.2) is 0 Å². The molecule has 1 rings (SSSR count). The van der Waals surface area contributed by atoms with E-state index >= 15 is 0 Å². The van der Waals surface area contributed by atoms with Crippen LogP contribution in [0.5, 0.6) is 0 Å². The summed E-state index contributed by atoms with van der Waals surface area (Å²) in [5, 5.41) is 40.1. The van der Waals surface area contributed by atoms with Gasteiger partial charge in [0.2, 0.25) is 0 Å². The molecule has 0 aliphatic heterocycles. The summed E-state index contributed by atoms with van der Waals surface area (Å²) in [5.74, 6) is 0. The first-order chi connectivity index (χ1) is 7.17. The van der Waals surface area contributed by atoms with Crippen molar-refractivity contribution < 1.29 is 20.4 Å². The molecule has 5 N–H and O–H groups in total. The largest absolute Gasteiger partial charge is 0.394 e. The van der Waals surface area contributed by atoms with Crippen molar-refractivity contribution in [2.24, 2.45) is 0 Å². The monoisotopic (exact) mass is 219 g/mol. The number of nitrogens with one attached hydrogen (secondary N) is 1. The zero-order valence-corrected chi connectivity index (χ0v) is 8.89. The lowest BCUT2D eigenvalue weighted by Gasteiger charge is -2.37. The van der Waals surface area contributed by atoms with Gasteiger partial charge in [0.05, 0.1) is 31.5 Å². The van der Waals surface area contributed by atoms with Crippen LogP contribution in [0.4, 0.5) is 0 Å². The van der Waals surface area contributed by atoms with Gasteiger partial charge in [-0.3, -0.25) is 5.32 Å². The molecule has 0 radical (unpaired) electrons. The van der Waals surface area contributed by atoms with Crippen LogP contribution in [-0.2, 0) is 0 Å². The second-order valence-corrected chi connectivity index (χ2v) is 4.36. The maximum Gasteiger partial charge on any atom is 0.0884 e. The summed E-state index contributed by atoms with van der Waals surface area (Å²) in [6, 6.07) is -0.148. The van der Waals surface area contributed by atoms with Gasteiger partial charge in [0.1, 0.15) is 0 Å². The van der Waals surface area contributed by atoms with E-state index in [0.29, 0.717) is 0 Å². The van der Waals surface area contributed by atoms with Crippen molar-refractivity contribution in [1.82, 2.24) is 5.32 Å². The lowest BCUT2D eigenvalue weighted by atomic mass is 9.90. The number of rotatable bonds is 5. The Bertz CT molecular complexity index is 176. The molecule has 0 spiro atoms. The topological polar surface area (TPSA) is 93.0 Å². The number of hydrogen-bond acceptors (Lipinski definition) is 5. The Labute approximate surface area is 89.7 Å². The third-order valence-corrected chi connectivity index (χ3v) is 3.13. The fraction of sp³-hybridized carbons (Fsp3) is 1.00. The van der Waals surface area contributed by atoms with Crippen molar-refractivity contribution in [3.05, 3.63) is 0 Å². The molecule has 0 unspecified atom stereocenters. The molecular formula is C10H21NO4. The van der Waals surface area contributed by atoms with Crippen molar-refractivity contribution >= 4 is 0 Å². The van der Waals surface area contributed by atoms with Gasteiger partial charge < -0.3 is 20.4 Å². The highest BCUT2D eigenvalue weighted by Gasteiger charge is 2.34. The standard InChI is InChI=1S/C10H21NO4/c12-5-10(6-13,7-14)11-8-3-1-2-4-9(8)15/h8-9,11-15H,1-7H2/t8-,9-/m1/s1. The van der Waals surface area contributed by atoms with Crippen LogP contribution in [0.3, 0.4) is 0 Å². The summed E-state index contributed by atoms with van der Waals surface area (Å²) >= 11 is 0. The Morgan fingerprint density at radius 1 is 1.00 bits per heavy atom. The first-order valence-electron chi connectivity index (χ1n) is 5.46. The molecule has 0 aromatic rings. The highest BCUT2D eigenvalue weighted by molar-refractivity contribution is 4.93. The van der Waals surface area contributed by atoms with Crippen molar-refractivity contribution in [2.75, 3.05) is 19.8 Å². The lowest BCUT2D eigenvalue weighted by Crippen LogP contribution is -2.61. The minimum atomic E-state index is -1.08. The Balaban J connectivity index is 2.56. The molecule has 15 heavy (non-hydrogen) atoms. The molecule has 1 saturated carbocycles. The molecule has 1 aliphatic carbocycles. The van der Waals surface area contributed by atoms with Gasteiger partial charge in [-0.1, -0.05) is 12.8 Å². The van der Waals surface area contributed by atoms with Gasteiger partial charge in [0.15, 0.2) is 0 Å². The van der Waals surface area contributed by atoms with Gasteiger partial charge in [-0.05, 0) is 12.8 Å². The fourth-order valence-electron chi connectivity index (χ4n) is 1.96. The SMILES string of the molecule is OCC(CO)(CO)N[C@@H]1CCCC[C@H]1O. The maximum absolute atomic E-state index is 9.71. The molecule has 0 bridgehead atoms. The predicted octanol–water partition coefficient (Wildman–Crippen LogP) is -1.40. The first-order valence-corrected chi connectivity index (χ1v) is 5.46. The molecule has 1 aliphatic rings. The van der Waals surface area contributed by atoms with Crippen molar-refractivity contribution in [3.63, 3.8) is 0 Å². The molecule has 0 amide bonds. The predicted molar refractivity (Wildman–Crippen MR) is 55.4 cm³/mol. The van der Waals surface area contributed by atoms with Gasteiger partial charge in [-0.2, -0.15) is 0 Å². The van der Waals surface area contributed by atoms with E-state index < -0.39 is 11.6 Å². The van der Waals surface area contributed by atoms with Crippen molar-refractivity contribution in [1.29, 1.82) is 0 Å². The van der Waals surface area contributed by atoms with Crippen LogP contribution < -0.4 is 5.32 Å². The molecule has 0 heterocycles. The number of aliphatic hydroxyl groups excluding tert-OH is 4. The molecule has 2 atom stereocenters. The second kappa shape index (κ2) is 5.77. The average Bonchev–Trinajstić information content (AvgIpc) is 2.29. The molecule has 0 saturated heterocycles. The smallest absolute Gasteiger partial charge is 0.0884 e. The van der Waals surface area contributed by atoms with E-state index in [-0.39, 0.29) is 25.9 Å². The maximum atomic E-state index is 9.71. The van der Waals surface area contributed by atoms with E-state index in [2.05, 4.69) is 5.32 Å². The Kier molecular flexibility index (Phi) is 4.95. The van der Waals surface area contributed by atoms with Crippen LogP contribution in [0, 0.1) is 0 Å². The summed E-state index contributed by atoms with van der Waals surface area (Å²) in [5.41, 5.74) is -1.08. The van der Waals surface area contributed by atoms with Gasteiger partial charge in [0, 0.05) is 6.04 Å². The molecule has 0 aromatic heterocycles. The normalized spacial score (nSPS) is 28.0. The van der Waals surface area contributed by atoms with Crippen LogP contribution >= 0.6 is 0 Å². The third-order valence-electron chi connectivity index (χ3n) is 3.13. The van der Waals surface area contributed by atoms with Crippen LogP contribution in [0.15, 0.2) is 0 Å². The Morgan fingerprint density at radius 3 is 2.00 bits per heavy atom. The van der Waals surface area contributed by atoms with E-state index in [4.69, 9.17) is 15.3 Å². The zero-order chi connectivity index (χ0) is 11.3. The van der Waals surface area contributed by atoms with E-state index in [9.17, 15) is 5.11 Å². The summed E-state index contributed by atoms with van der Waals surface area (Å²) in [6.45, 7) is -1.03. The molecular weight excluding hydrogens is 198 g/mol. The Morgan fingerprint density at radius 2 is 1.53 bits per heavy atom. The summed E-state index contributed by atoms with van der Waals surface area (Å²) < 4.78 is 0. The van der Waals surface area contributed by atoms with Crippen LogP contribution in [0.25, 0.3) is 0 Å².